The van der Waals surface area contributed by atoms with Gasteiger partial charge in [-0.2, -0.15) is 0 Å². The highest BCUT2D eigenvalue weighted by Gasteiger charge is 2.40. The number of methoxy groups -OCH3 is 1. The summed E-state index contributed by atoms with van der Waals surface area (Å²) in [4.78, 5) is 25.4. The minimum atomic E-state index is -0.978. The molecule has 2 atom stereocenters. The number of hydrogen-bond acceptors (Lipinski definition) is 5. The SMILES string of the molecule is COC1CC(C(=O)O)N(C(=O)c2ccc(C3SCCS3)cc2)C1. The predicted molar refractivity (Wildman–Crippen MR) is 92.0 cm³/mol. The van der Waals surface area contributed by atoms with Crippen molar-refractivity contribution in [2.75, 3.05) is 25.2 Å². The molecule has 1 N–H and O–H groups in total. The number of likely N-dealkylation sites (tertiary alicyclic amines) is 1. The van der Waals surface area contributed by atoms with E-state index in [1.165, 1.54) is 10.5 Å². The number of thioether (sulfide) groups is 2. The number of carboxylic acids is 1. The second-order valence-electron chi connectivity index (χ2n) is 5.60. The monoisotopic (exact) mass is 353 g/mol. The van der Waals surface area contributed by atoms with E-state index < -0.39 is 12.0 Å². The number of ether oxygens (including phenoxy) is 1. The van der Waals surface area contributed by atoms with Crippen molar-refractivity contribution in [3.63, 3.8) is 0 Å². The Labute approximate surface area is 143 Å². The van der Waals surface area contributed by atoms with Gasteiger partial charge in [-0.25, -0.2) is 4.79 Å². The number of rotatable bonds is 4. The lowest BCUT2D eigenvalue weighted by Gasteiger charge is -2.21. The molecule has 1 aromatic carbocycles. The lowest BCUT2D eigenvalue weighted by Crippen LogP contribution is -2.40. The number of nitrogens with zero attached hydrogens (tertiary/aromatic N) is 1. The molecule has 23 heavy (non-hydrogen) atoms. The summed E-state index contributed by atoms with van der Waals surface area (Å²) in [5.74, 6) is 1.09. The average molecular weight is 353 g/mol. The highest BCUT2D eigenvalue weighted by atomic mass is 32.2. The van der Waals surface area contributed by atoms with Crippen molar-refractivity contribution in [3.05, 3.63) is 35.4 Å². The minimum absolute atomic E-state index is 0.217. The van der Waals surface area contributed by atoms with Crippen LogP contribution in [0.4, 0.5) is 0 Å². The van der Waals surface area contributed by atoms with Crippen molar-refractivity contribution < 1.29 is 19.4 Å². The van der Waals surface area contributed by atoms with Crippen LogP contribution >= 0.6 is 23.5 Å². The van der Waals surface area contributed by atoms with Crippen LogP contribution in [0.5, 0.6) is 0 Å². The van der Waals surface area contributed by atoms with E-state index in [-0.39, 0.29) is 12.0 Å². The van der Waals surface area contributed by atoms with Crippen LogP contribution in [0.3, 0.4) is 0 Å². The van der Waals surface area contributed by atoms with Gasteiger partial charge in [0.1, 0.15) is 6.04 Å². The van der Waals surface area contributed by atoms with E-state index in [0.29, 0.717) is 23.1 Å². The Bertz CT molecular complexity index is 586. The van der Waals surface area contributed by atoms with Crippen LogP contribution < -0.4 is 0 Å². The summed E-state index contributed by atoms with van der Waals surface area (Å²) in [6.07, 6.45) is 0.121. The highest BCUT2D eigenvalue weighted by molar-refractivity contribution is 8.19. The van der Waals surface area contributed by atoms with Crippen molar-refractivity contribution >= 4 is 35.4 Å². The fourth-order valence-corrected chi connectivity index (χ4v) is 5.79. The van der Waals surface area contributed by atoms with Gasteiger partial charge in [-0.05, 0) is 17.7 Å². The third kappa shape index (κ3) is 3.51. The third-order valence-electron chi connectivity index (χ3n) is 4.19. The van der Waals surface area contributed by atoms with Crippen molar-refractivity contribution in [1.82, 2.24) is 4.90 Å². The molecule has 0 bridgehead atoms. The van der Waals surface area contributed by atoms with Crippen molar-refractivity contribution in [2.24, 2.45) is 0 Å². The van der Waals surface area contributed by atoms with Gasteiger partial charge in [0, 0.05) is 37.1 Å². The standard InChI is InChI=1S/C16H19NO4S2/c1-21-12-8-13(15(19)20)17(9-12)14(18)10-2-4-11(5-3-10)16-22-6-7-23-16/h2-5,12-13,16H,6-9H2,1H3,(H,19,20). The molecular weight excluding hydrogens is 334 g/mol. The number of aliphatic carboxylic acids is 1. The van der Waals surface area contributed by atoms with Crippen LogP contribution in [0.2, 0.25) is 0 Å². The fraction of sp³-hybridized carbons (Fsp3) is 0.500. The van der Waals surface area contributed by atoms with Crippen LogP contribution in [-0.4, -0.2) is 59.2 Å². The molecule has 2 heterocycles. The van der Waals surface area contributed by atoms with Gasteiger partial charge in [-0.15, -0.1) is 23.5 Å². The van der Waals surface area contributed by atoms with E-state index in [9.17, 15) is 14.7 Å². The summed E-state index contributed by atoms with van der Waals surface area (Å²) >= 11 is 3.83. The summed E-state index contributed by atoms with van der Waals surface area (Å²) < 4.78 is 5.67. The molecule has 2 aliphatic rings. The Morgan fingerprint density at radius 2 is 1.87 bits per heavy atom. The van der Waals surface area contributed by atoms with Gasteiger partial charge in [-0.1, -0.05) is 12.1 Å². The number of hydrogen-bond donors (Lipinski definition) is 1. The maximum Gasteiger partial charge on any atom is 0.326 e. The van der Waals surface area contributed by atoms with Gasteiger partial charge in [0.25, 0.3) is 5.91 Å². The molecule has 3 rings (SSSR count). The van der Waals surface area contributed by atoms with Crippen LogP contribution in [-0.2, 0) is 9.53 Å². The first kappa shape index (κ1) is 16.7. The van der Waals surface area contributed by atoms with Crippen LogP contribution in [0.15, 0.2) is 24.3 Å². The number of carbonyl (C=O) groups is 2. The quantitative estimate of drug-likeness (QED) is 0.897. The van der Waals surface area contributed by atoms with Crippen molar-refractivity contribution in [3.8, 4) is 0 Å². The van der Waals surface area contributed by atoms with Crippen molar-refractivity contribution in [1.29, 1.82) is 0 Å². The van der Waals surface area contributed by atoms with Gasteiger partial charge in [0.15, 0.2) is 0 Å². The molecule has 2 unspecified atom stereocenters. The molecule has 1 aromatic rings. The van der Waals surface area contributed by atoms with Crippen LogP contribution in [0, 0.1) is 0 Å². The Hall–Kier alpha value is -1.18. The minimum Gasteiger partial charge on any atom is -0.480 e. The molecule has 7 heteroatoms. The van der Waals surface area contributed by atoms with Crippen molar-refractivity contribution in [2.45, 2.75) is 23.1 Å². The zero-order chi connectivity index (χ0) is 16.4. The van der Waals surface area contributed by atoms with Gasteiger partial charge in [-0.3, -0.25) is 4.79 Å². The summed E-state index contributed by atoms with van der Waals surface area (Å²) in [6.45, 7) is 0.322. The second kappa shape index (κ2) is 7.15. The Morgan fingerprint density at radius 3 is 2.43 bits per heavy atom. The van der Waals surface area contributed by atoms with E-state index in [4.69, 9.17) is 4.74 Å². The summed E-state index contributed by atoms with van der Waals surface area (Å²) in [5.41, 5.74) is 1.74. The number of carbonyl (C=O) groups excluding carboxylic acids is 1. The second-order valence-corrected chi connectivity index (χ2v) is 8.32. The average Bonchev–Trinajstić information content (AvgIpc) is 3.23. The summed E-state index contributed by atoms with van der Waals surface area (Å²) in [5, 5.41) is 9.33. The maximum atomic E-state index is 12.7. The zero-order valence-corrected chi connectivity index (χ0v) is 14.4. The van der Waals surface area contributed by atoms with Gasteiger partial charge < -0.3 is 14.7 Å². The Balaban J connectivity index is 1.75. The van der Waals surface area contributed by atoms with Gasteiger partial charge in [0.2, 0.25) is 0 Å². The first-order chi connectivity index (χ1) is 11.1. The molecule has 0 saturated carbocycles. The van der Waals surface area contributed by atoms with E-state index in [1.54, 1.807) is 19.2 Å². The van der Waals surface area contributed by atoms with E-state index in [0.717, 1.165) is 11.5 Å². The fourth-order valence-electron chi connectivity index (χ4n) is 2.93. The number of amides is 1. The molecule has 124 valence electrons. The largest absolute Gasteiger partial charge is 0.480 e. The van der Waals surface area contributed by atoms with E-state index in [1.807, 2.05) is 35.7 Å². The molecule has 0 aliphatic carbocycles. The molecule has 1 amide bonds. The molecule has 0 aromatic heterocycles. The van der Waals surface area contributed by atoms with Crippen LogP contribution in [0.1, 0.15) is 26.9 Å². The summed E-state index contributed by atoms with van der Waals surface area (Å²) in [6, 6.07) is 6.74. The first-order valence-corrected chi connectivity index (χ1v) is 9.59. The molecule has 5 nitrogen and oxygen atoms in total. The van der Waals surface area contributed by atoms with Gasteiger partial charge in [0.05, 0.1) is 10.7 Å². The number of carboxylic acid groups (broad SMARTS) is 1. The summed E-state index contributed by atoms with van der Waals surface area (Å²) in [7, 11) is 1.54. The zero-order valence-electron chi connectivity index (χ0n) is 12.8. The van der Waals surface area contributed by atoms with Crippen LogP contribution in [0.25, 0.3) is 0 Å². The molecule has 2 fully saturated rings. The number of benzene rings is 1. The van der Waals surface area contributed by atoms with E-state index >= 15 is 0 Å². The maximum absolute atomic E-state index is 12.7. The molecule has 2 aliphatic heterocycles. The topological polar surface area (TPSA) is 66.8 Å². The molecule has 0 spiro atoms. The molecule has 0 radical (unpaired) electrons. The highest BCUT2D eigenvalue weighted by Crippen LogP contribution is 2.45. The smallest absolute Gasteiger partial charge is 0.326 e. The Kier molecular flexibility index (Phi) is 5.18. The predicted octanol–water partition coefficient (Wildman–Crippen LogP) is 2.48. The lowest BCUT2D eigenvalue weighted by atomic mass is 10.1. The first-order valence-electron chi connectivity index (χ1n) is 7.50. The van der Waals surface area contributed by atoms with Gasteiger partial charge >= 0.3 is 5.97 Å². The molecular formula is C16H19NO4S2. The molecule has 2 saturated heterocycles. The Morgan fingerprint density at radius 1 is 1.22 bits per heavy atom. The third-order valence-corrected chi connectivity index (χ3v) is 7.30. The lowest BCUT2D eigenvalue weighted by molar-refractivity contribution is -0.141. The van der Waals surface area contributed by atoms with E-state index in [2.05, 4.69) is 0 Å². The normalized spacial score (nSPS) is 25.0.